The highest BCUT2D eigenvalue weighted by Crippen LogP contribution is 2.23. The van der Waals surface area contributed by atoms with Gasteiger partial charge in [-0.2, -0.15) is 0 Å². The number of urea groups is 1. The van der Waals surface area contributed by atoms with Gasteiger partial charge in [-0.25, -0.2) is 9.18 Å². The number of hydrogen-bond donors (Lipinski definition) is 2. The number of rotatable bonds is 3. The molecule has 0 spiro atoms. The largest absolute Gasteiger partial charge is 0.491 e. The van der Waals surface area contributed by atoms with Crippen LogP contribution in [0, 0.1) is 5.82 Å². The van der Waals surface area contributed by atoms with Crippen LogP contribution in [0.2, 0.25) is 0 Å². The number of halogens is 1. The molecule has 0 bridgehead atoms. The fraction of sp³-hybridized carbons (Fsp3) is 0.235. The Morgan fingerprint density at radius 3 is 2.95 bits per heavy atom. The number of fused-ring (bicyclic) bond motifs is 1. The number of nitrogens with one attached hydrogen (secondary N) is 2. The Bertz CT molecular complexity index is 675. The van der Waals surface area contributed by atoms with Crippen LogP contribution >= 0.6 is 0 Å². The van der Waals surface area contributed by atoms with Gasteiger partial charge in [0.25, 0.3) is 0 Å². The van der Waals surface area contributed by atoms with Crippen LogP contribution in [-0.4, -0.2) is 18.7 Å². The molecule has 4 nitrogen and oxygen atoms in total. The number of carbonyl (C=O) groups is 1. The second-order valence-electron chi connectivity index (χ2n) is 5.28. The first-order chi connectivity index (χ1) is 10.7. The van der Waals surface area contributed by atoms with E-state index >= 15 is 0 Å². The Morgan fingerprint density at radius 1 is 1.23 bits per heavy atom. The average Bonchev–Trinajstić information content (AvgIpc) is 2.53. The number of carbonyl (C=O) groups excluding carboxylic acids is 1. The summed E-state index contributed by atoms with van der Waals surface area (Å²) in [6.45, 7) is 0.734. The summed E-state index contributed by atoms with van der Waals surface area (Å²) in [5.74, 6) is 0.567. The highest BCUT2D eigenvalue weighted by molar-refractivity contribution is 5.74. The summed E-state index contributed by atoms with van der Waals surface area (Å²) in [5.41, 5.74) is 1.81. The number of benzene rings is 2. The summed E-state index contributed by atoms with van der Waals surface area (Å²) in [5, 5.41) is 5.60. The van der Waals surface area contributed by atoms with Crippen molar-refractivity contribution in [2.75, 3.05) is 6.61 Å². The maximum atomic E-state index is 13.1. The first-order valence-corrected chi connectivity index (χ1v) is 7.20. The van der Waals surface area contributed by atoms with Gasteiger partial charge in [-0.3, -0.25) is 0 Å². The Kier molecular flexibility index (Phi) is 4.23. The van der Waals surface area contributed by atoms with Gasteiger partial charge in [0.15, 0.2) is 0 Å². The lowest BCUT2D eigenvalue weighted by atomic mass is 10.0. The van der Waals surface area contributed by atoms with E-state index in [2.05, 4.69) is 10.6 Å². The van der Waals surface area contributed by atoms with Gasteiger partial charge in [0.2, 0.25) is 0 Å². The first-order valence-electron chi connectivity index (χ1n) is 7.20. The van der Waals surface area contributed by atoms with Crippen molar-refractivity contribution in [3.63, 3.8) is 0 Å². The van der Waals surface area contributed by atoms with Crippen molar-refractivity contribution < 1.29 is 13.9 Å². The predicted molar refractivity (Wildman–Crippen MR) is 81.2 cm³/mol. The minimum absolute atomic E-state index is 0.0672. The van der Waals surface area contributed by atoms with E-state index in [9.17, 15) is 9.18 Å². The SMILES string of the molecule is O=C(NCc1cccc(F)c1)NC1COc2ccccc2C1. The summed E-state index contributed by atoms with van der Waals surface area (Å²) in [6, 6.07) is 13.6. The van der Waals surface area contributed by atoms with Crippen molar-refractivity contribution >= 4 is 6.03 Å². The molecule has 0 aliphatic carbocycles. The molecule has 2 aromatic rings. The van der Waals surface area contributed by atoms with Crippen molar-refractivity contribution in [2.24, 2.45) is 0 Å². The van der Waals surface area contributed by atoms with Crippen molar-refractivity contribution in [3.05, 3.63) is 65.5 Å². The molecule has 1 heterocycles. The lowest BCUT2D eigenvalue weighted by molar-refractivity contribution is 0.214. The van der Waals surface area contributed by atoms with Gasteiger partial charge >= 0.3 is 6.03 Å². The molecule has 22 heavy (non-hydrogen) atoms. The van der Waals surface area contributed by atoms with Gasteiger partial charge in [0.1, 0.15) is 18.2 Å². The quantitative estimate of drug-likeness (QED) is 0.915. The Hall–Kier alpha value is -2.56. The molecule has 0 radical (unpaired) electrons. The van der Waals surface area contributed by atoms with Gasteiger partial charge in [-0.15, -0.1) is 0 Å². The van der Waals surface area contributed by atoms with E-state index in [1.54, 1.807) is 12.1 Å². The smallest absolute Gasteiger partial charge is 0.315 e. The summed E-state index contributed by atoms with van der Waals surface area (Å²) in [4.78, 5) is 11.9. The molecular weight excluding hydrogens is 283 g/mol. The van der Waals surface area contributed by atoms with E-state index in [-0.39, 0.29) is 24.4 Å². The van der Waals surface area contributed by atoms with E-state index in [1.165, 1.54) is 12.1 Å². The maximum Gasteiger partial charge on any atom is 0.315 e. The highest BCUT2D eigenvalue weighted by atomic mass is 19.1. The highest BCUT2D eigenvalue weighted by Gasteiger charge is 2.20. The van der Waals surface area contributed by atoms with Gasteiger partial charge < -0.3 is 15.4 Å². The second kappa shape index (κ2) is 6.47. The second-order valence-corrected chi connectivity index (χ2v) is 5.28. The molecular formula is C17H17FN2O2. The molecule has 0 saturated carbocycles. The molecule has 0 aromatic heterocycles. The molecule has 2 aromatic carbocycles. The standard InChI is InChI=1S/C17H17FN2O2/c18-14-6-3-4-12(8-14)10-19-17(21)20-15-9-13-5-1-2-7-16(13)22-11-15/h1-8,15H,9-11H2,(H2,19,20,21). The Labute approximate surface area is 128 Å². The van der Waals surface area contributed by atoms with Gasteiger partial charge in [0, 0.05) is 6.54 Å². The van der Waals surface area contributed by atoms with Crippen LogP contribution in [0.1, 0.15) is 11.1 Å². The van der Waals surface area contributed by atoms with E-state index in [0.717, 1.165) is 23.3 Å². The fourth-order valence-electron chi connectivity index (χ4n) is 2.49. The van der Waals surface area contributed by atoms with Crippen molar-refractivity contribution in [1.29, 1.82) is 0 Å². The third kappa shape index (κ3) is 3.55. The topological polar surface area (TPSA) is 50.4 Å². The summed E-state index contributed by atoms with van der Waals surface area (Å²) in [7, 11) is 0. The predicted octanol–water partition coefficient (Wildman–Crippen LogP) is 2.63. The molecule has 1 unspecified atom stereocenters. The molecule has 1 aliphatic rings. The van der Waals surface area contributed by atoms with E-state index < -0.39 is 0 Å². The molecule has 1 aliphatic heterocycles. The number of amides is 2. The number of hydrogen-bond acceptors (Lipinski definition) is 2. The van der Waals surface area contributed by atoms with Crippen LogP contribution in [0.25, 0.3) is 0 Å². The third-order valence-corrected chi connectivity index (χ3v) is 3.56. The summed E-state index contributed by atoms with van der Waals surface area (Å²) in [6.07, 6.45) is 0.740. The first kappa shape index (κ1) is 14.4. The lowest BCUT2D eigenvalue weighted by Gasteiger charge is -2.26. The monoisotopic (exact) mass is 300 g/mol. The van der Waals surface area contributed by atoms with Crippen molar-refractivity contribution in [1.82, 2.24) is 10.6 Å². The van der Waals surface area contributed by atoms with Crippen LogP contribution in [0.5, 0.6) is 5.75 Å². The molecule has 114 valence electrons. The minimum atomic E-state index is -0.308. The van der Waals surface area contributed by atoms with Gasteiger partial charge in [-0.05, 0) is 35.7 Å². The zero-order chi connectivity index (χ0) is 15.4. The van der Waals surface area contributed by atoms with Crippen LogP contribution < -0.4 is 15.4 Å². The Balaban J connectivity index is 1.50. The van der Waals surface area contributed by atoms with Crippen LogP contribution in [0.3, 0.4) is 0 Å². The third-order valence-electron chi connectivity index (χ3n) is 3.56. The zero-order valence-corrected chi connectivity index (χ0v) is 12.0. The summed E-state index contributed by atoms with van der Waals surface area (Å²) >= 11 is 0. The van der Waals surface area contributed by atoms with Crippen molar-refractivity contribution in [2.45, 2.75) is 19.0 Å². The fourth-order valence-corrected chi connectivity index (χ4v) is 2.49. The Morgan fingerprint density at radius 2 is 2.09 bits per heavy atom. The zero-order valence-electron chi connectivity index (χ0n) is 12.0. The van der Waals surface area contributed by atoms with E-state index in [4.69, 9.17) is 4.74 Å². The molecule has 2 amide bonds. The molecule has 0 fully saturated rings. The molecule has 5 heteroatoms. The number of para-hydroxylation sites is 1. The van der Waals surface area contributed by atoms with E-state index in [0.29, 0.717) is 6.61 Å². The normalized spacial score (nSPS) is 16.3. The molecule has 3 rings (SSSR count). The maximum absolute atomic E-state index is 13.1. The van der Waals surface area contributed by atoms with Gasteiger partial charge in [-0.1, -0.05) is 30.3 Å². The molecule has 0 saturated heterocycles. The van der Waals surface area contributed by atoms with Crippen LogP contribution in [0.4, 0.5) is 9.18 Å². The van der Waals surface area contributed by atoms with Crippen LogP contribution in [0.15, 0.2) is 48.5 Å². The molecule has 2 N–H and O–H groups in total. The van der Waals surface area contributed by atoms with Crippen molar-refractivity contribution in [3.8, 4) is 5.75 Å². The minimum Gasteiger partial charge on any atom is -0.491 e. The number of ether oxygens (including phenoxy) is 1. The average molecular weight is 300 g/mol. The van der Waals surface area contributed by atoms with Crippen LogP contribution in [-0.2, 0) is 13.0 Å². The van der Waals surface area contributed by atoms with Gasteiger partial charge in [0.05, 0.1) is 6.04 Å². The van der Waals surface area contributed by atoms with E-state index in [1.807, 2.05) is 24.3 Å². The molecule has 1 atom stereocenters. The summed E-state index contributed by atoms with van der Waals surface area (Å²) < 4.78 is 18.7. The lowest BCUT2D eigenvalue weighted by Crippen LogP contribution is -2.47.